The summed E-state index contributed by atoms with van der Waals surface area (Å²) in [6.07, 6.45) is 2.75. The largest absolute Gasteiger partial charge is 0.497 e. The first-order valence-corrected chi connectivity index (χ1v) is 9.70. The van der Waals surface area contributed by atoms with Gasteiger partial charge < -0.3 is 18.9 Å². The van der Waals surface area contributed by atoms with E-state index in [0.717, 1.165) is 30.6 Å². The van der Waals surface area contributed by atoms with Crippen molar-refractivity contribution < 1.29 is 18.8 Å². The lowest BCUT2D eigenvalue weighted by Crippen LogP contribution is -2.41. The van der Waals surface area contributed by atoms with E-state index < -0.39 is 0 Å². The smallest absolute Gasteiger partial charge is 0.261 e. The van der Waals surface area contributed by atoms with E-state index in [1.54, 1.807) is 12.0 Å². The summed E-state index contributed by atoms with van der Waals surface area (Å²) in [4.78, 5) is 19.1. The fourth-order valence-corrected chi connectivity index (χ4v) is 3.46. The quantitative estimate of drug-likeness (QED) is 0.633. The lowest BCUT2D eigenvalue weighted by atomic mass is 10.0. The van der Waals surface area contributed by atoms with Gasteiger partial charge in [0.1, 0.15) is 17.5 Å². The van der Waals surface area contributed by atoms with Crippen LogP contribution < -0.4 is 9.47 Å². The standard InChI is InChI=1S/C22H23N3O4/c1-27-17-12-10-16(11-13-17)21-23-22(29-24-21)19-9-5-6-14-25(19)20(26)15-28-18-7-3-2-4-8-18/h2-4,7-8,10-13,19H,5-6,9,14-15H2,1H3. The molecular formula is C22H23N3O4. The molecule has 4 rings (SSSR count). The molecule has 0 aliphatic carbocycles. The Kier molecular flexibility index (Phi) is 5.74. The number of benzene rings is 2. The zero-order chi connectivity index (χ0) is 20.1. The third-order valence-corrected chi connectivity index (χ3v) is 5.00. The number of ether oxygens (including phenoxy) is 2. The van der Waals surface area contributed by atoms with Gasteiger partial charge in [-0.25, -0.2) is 0 Å². The number of carbonyl (C=O) groups excluding carboxylic acids is 1. The van der Waals surface area contributed by atoms with E-state index >= 15 is 0 Å². The minimum atomic E-state index is -0.227. The summed E-state index contributed by atoms with van der Waals surface area (Å²) in [5, 5.41) is 4.11. The molecule has 1 saturated heterocycles. The number of hydrogen-bond acceptors (Lipinski definition) is 6. The van der Waals surface area contributed by atoms with Crippen LogP contribution in [0.1, 0.15) is 31.2 Å². The molecule has 2 heterocycles. The second-order valence-electron chi connectivity index (χ2n) is 6.89. The van der Waals surface area contributed by atoms with Gasteiger partial charge in [0.2, 0.25) is 11.7 Å². The molecule has 0 N–H and O–H groups in total. The molecule has 1 aliphatic rings. The van der Waals surface area contributed by atoms with Crippen molar-refractivity contribution >= 4 is 5.91 Å². The number of aromatic nitrogens is 2. The highest BCUT2D eigenvalue weighted by Gasteiger charge is 2.32. The Hall–Kier alpha value is -3.35. The number of piperidine rings is 1. The first kappa shape index (κ1) is 19.0. The maximum Gasteiger partial charge on any atom is 0.261 e. The molecular weight excluding hydrogens is 370 g/mol. The molecule has 0 spiro atoms. The second kappa shape index (κ2) is 8.77. The van der Waals surface area contributed by atoms with Gasteiger partial charge in [-0.2, -0.15) is 4.98 Å². The van der Waals surface area contributed by atoms with Gasteiger partial charge in [-0.3, -0.25) is 4.79 Å². The monoisotopic (exact) mass is 393 g/mol. The van der Waals surface area contributed by atoms with Crippen LogP contribution in [-0.2, 0) is 4.79 Å². The Labute approximate surface area is 169 Å². The van der Waals surface area contributed by atoms with Crippen LogP contribution in [0.3, 0.4) is 0 Å². The van der Waals surface area contributed by atoms with Gasteiger partial charge >= 0.3 is 0 Å². The van der Waals surface area contributed by atoms with E-state index in [2.05, 4.69) is 10.1 Å². The number of hydrogen-bond donors (Lipinski definition) is 0. The highest BCUT2D eigenvalue weighted by molar-refractivity contribution is 5.78. The van der Waals surface area contributed by atoms with Crippen molar-refractivity contribution in [2.45, 2.75) is 25.3 Å². The van der Waals surface area contributed by atoms with E-state index in [1.165, 1.54) is 0 Å². The van der Waals surface area contributed by atoms with Crippen molar-refractivity contribution in [3.05, 3.63) is 60.5 Å². The molecule has 1 fully saturated rings. The number of nitrogens with zero attached hydrogens (tertiary/aromatic N) is 3. The van der Waals surface area contributed by atoms with E-state index in [0.29, 0.717) is 24.0 Å². The van der Waals surface area contributed by atoms with Gasteiger partial charge in [-0.05, 0) is 55.7 Å². The fraction of sp³-hybridized carbons (Fsp3) is 0.318. The topological polar surface area (TPSA) is 77.7 Å². The molecule has 0 saturated carbocycles. The summed E-state index contributed by atoms with van der Waals surface area (Å²) < 4.78 is 16.3. The number of likely N-dealkylation sites (tertiary alicyclic amines) is 1. The minimum absolute atomic E-state index is 0.0139. The summed E-state index contributed by atoms with van der Waals surface area (Å²) in [7, 11) is 1.62. The molecule has 0 radical (unpaired) electrons. The minimum Gasteiger partial charge on any atom is -0.497 e. The molecule has 1 aromatic heterocycles. The van der Waals surface area contributed by atoms with Gasteiger partial charge in [0, 0.05) is 12.1 Å². The van der Waals surface area contributed by atoms with Crippen LogP contribution >= 0.6 is 0 Å². The van der Waals surface area contributed by atoms with Gasteiger partial charge in [-0.1, -0.05) is 23.4 Å². The fourth-order valence-electron chi connectivity index (χ4n) is 3.46. The number of rotatable bonds is 6. The lowest BCUT2D eigenvalue weighted by molar-refractivity contribution is -0.138. The molecule has 1 atom stereocenters. The average molecular weight is 393 g/mol. The zero-order valence-corrected chi connectivity index (χ0v) is 16.3. The predicted octanol–water partition coefficient (Wildman–Crippen LogP) is 3.88. The molecule has 0 bridgehead atoms. The first-order chi connectivity index (χ1) is 14.2. The van der Waals surface area contributed by atoms with Crippen molar-refractivity contribution in [1.82, 2.24) is 15.0 Å². The van der Waals surface area contributed by atoms with E-state index in [-0.39, 0.29) is 18.6 Å². The van der Waals surface area contributed by atoms with E-state index in [1.807, 2.05) is 54.6 Å². The van der Waals surface area contributed by atoms with Crippen LogP contribution in [0.5, 0.6) is 11.5 Å². The second-order valence-corrected chi connectivity index (χ2v) is 6.89. The highest BCUT2D eigenvalue weighted by Crippen LogP contribution is 2.31. The Morgan fingerprint density at radius 3 is 2.66 bits per heavy atom. The van der Waals surface area contributed by atoms with Crippen molar-refractivity contribution in [2.24, 2.45) is 0 Å². The van der Waals surface area contributed by atoms with E-state index in [9.17, 15) is 4.79 Å². The molecule has 3 aromatic rings. The number of carbonyl (C=O) groups is 1. The highest BCUT2D eigenvalue weighted by atomic mass is 16.5. The lowest BCUT2D eigenvalue weighted by Gasteiger charge is -2.33. The molecule has 2 aromatic carbocycles. The average Bonchev–Trinajstić information content (AvgIpc) is 3.28. The van der Waals surface area contributed by atoms with Gasteiger partial charge in [0.15, 0.2) is 6.61 Å². The van der Waals surface area contributed by atoms with Crippen LogP contribution in [0.4, 0.5) is 0 Å². The molecule has 1 aliphatic heterocycles. The summed E-state index contributed by atoms with van der Waals surface area (Å²) >= 11 is 0. The maximum atomic E-state index is 12.8. The van der Waals surface area contributed by atoms with Crippen molar-refractivity contribution in [1.29, 1.82) is 0 Å². The van der Waals surface area contributed by atoms with Crippen molar-refractivity contribution in [2.75, 3.05) is 20.3 Å². The van der Waals surface area contributed by atoms with Crippen LogP contribution in [0.2, 0.25) is 0 Å². The Bertz CT molecular complexity index is 940. The van der Waals surface area contributed by atoms with E-state index in [4.69, 9.17) is 14.0 Å². The number of para-hydroxylation sites is 1. The Morgan fingerprint density at radius 1 is 1.10 bits per heavy atom. The Balaban J connectivity index is 1.47. The van der Waals surface area contributed by atoms with Crippen LogP contribution in [0.25, 0.3) is 11.4 Å². The summed E-state index contributed by atoms with van der Waals surface area (Å²) in [5.74, 6) is 2.32. The first-order valence-electron chi connectivity index (χ1n) is 9.70. The predicted molar refractivity (Wildman–Crippen MR) is 107 cm³/mol. The van der Waals surface area contributed by atoms with Crippen LogP contribution in [0, 0.1) is 0 Å². The summed E-state index contributed by atoms with van der Waals surface area (Å²) in [6.45, 7) is 0.641. The van der Waals surface area contributed by atoms with Crippen molar-refractivity contribution in [3.8, 4) is 22.9 Å². The summed E-state index contributed by atoms with van der Waals surface area (Å²) in [5.41, 5.74) is 0.835. The van der Waals surface area contributed by atoms with Crippen molar-refractivity contribution in [3.63, 3.8) is 0 Å². The summed E-state index contributed by atoms with van der Waals surface area (Å²) in [6, 6.07) is 16.6. The van der Waals surface area contributed by atoms with Gasteiger partial charge in [0.25, 0.3) is 5.91 Å². The number of methoxy groups -OCH3 is 1. The SMILES string of the molecule is COc1ccc(-c2noc(C3CCCCN3C(=O)COc3ccccc3)n2)cc1. The third-order valence-electron chi connectivity index (χ3n) is 5.00. The maximum absolute atomic E-state index is 12.8. The van der Waals surface area contributed by atoms with Crippen LogP contribution in [0.15, 0.2) is 59.1 Å². The zero-order valence-electron chi connectivity index (χ0n) is 16.3. The molecule has 7 nitrogen and oxygen atoms in total. The molecule has 1 unspecified atom stereocenters. The van der Waals surface area contributed by atoms with Crippen LogP contribution in [-0.4, -0.2) is 41.2 Å². The Morgan fingerprint density at radius 2 is 1.90 bits per heavy atom. The molecule has 7 heteroatoms. The molecule has 150 valence electrons. The number of amides is 1. The molecule has 29 heavy (non-hydrogen) atoms. The van der Waals surface area contributed by atoms with Gasteiger partial charge in [0.05, 0.1) is 7.11 Å². The molecule has 1 amide bonds. The van der Waals surface area contributed by atoms with Gasteiger partial charge in [-0.15, -0.1) is 0 Å². The normalized spacial score (nSPS) is 16.4. The third kappa shape index (κ3) is 4.39.